The highest BCUT2D eigenvalue weighted by Gasteiger charge is 2.26. The number of alkyl carbamates (subject to hydrolysis) is 1. The third-order valence-electron chi connectivity index (χ3n) is 6.44. The van der Waals surface area contributed by atoms with E-state index < -0.39 is 18.0 Å². The fourth-order valence-electron chi connectivity index (χ4n) is 4.37. The maximum atomic E-state index is 12.3. The van der Waals surface area contributed by atoms with Gasteiger partial charge in [-0.25, -0.2) is 19.1 Å². The first-order valence-electron chi connectivity index (χ1n) is 12.0. The Morgan fingerprint density at radius 3 is 2.47 bits per heavy atom. The second-order valence-electron chi connectivity index (χ2n) is 9.34. The number of aromatic nitrogens is 2. The normalized spacial score (nSPS) is 17.7. The van der Waals surface area contributed by atoms with Crippen LogP contribution in [-0.2, 0) is 14.3 Å². The summed E-state index contributed by atoms with van der Waals surface area (Å²) in [4.78, 5) is 38.8. The van der Waals surface area contributed by atoms with Crippen LogP contribution in [0.1, 0.15) is 52.0 Å². The van der Waals surface area contributed by atoms with Crippen LogP contribution < -0.4 is 10.1 Å². The molecule has 2 fully saturated rings. The lowest BCUT2D eigenvalue weighted by atomic mass is 9.84. The average molecular weight is 469 g/mol. The van der Waals surface area contributed by atoms with E-state index in [0.29, 0.717) is 16.8 Å². The smallest absolute Gasteiger partial charge is 0.404 e. The summed E-state index contributed by atoms with van der Waals surface area (Å²) < 4.78 is 11.8. The molecule has 1 aromatic carbocycles. The highest BCUT2D eigenvalue weighted by atomic mass is 16.6. The van der Waals surface area contributed by atoms with Crippen molar-refractivity contribution in [2.45, 2.75) is 58.0 Å². The van der Waals surface area contributed by atoms with Gasteiger partial charge in [-0.15, -0.1) is 0 Å². The van der Waals surface area contributed by atoms with Gasteiger partial charge < -0.3 is 19.7 Å². The molecule has 2 aliphatic rings. The molecule has 1 N–H and O–H groups in total. The molecule has 1 saturated heterocycles. The molecule has 1 saturated carbocycles. The fourth-order valence-corrected chi connectivity index (χ4v) is 4.37. The highest BCUT2D eigenvalue weighted by molar-refractivity contribution is 5.97. The van der Waals surface area contributed by atoms with Crippen molar-refractivity contribution in [1.82, 2.24) is 20.0 Å². The zero-order chi connectivity index (χ0) is 24.1. The van der Waals surface area contributed by atoms with E-state index in [1.807, 2.05) is 38.1 Å². The molecule has 9 heteroatoms. The SMILES string of the molecule is CC(C)n1nc2ccccc2c1OC(=O)/C=C/C(=O)OC(=O)NC1CCN(CC2CCC2)CC1. The Balaban J connectivity index is 1.23. The Morgan fingerprint density at radius 1 is 1.09 bits per heavy atom. The molecule has 1 aliphatic heterocycles. The number of rotatable bonds is 7. The van der Waals surface area contributed by atoms with E-state index in [1.165, 1.54) is 19.3 Å². The number of nitrogens with one attached hydrogen (secondary N) is 1. The lowest BCUT2D eigenvalue weighted by Crippen LogP contribution is -2.46. The minimum Gasteiger partial charge on any atom is -0.404 e. The first kappa shape index (κ1) is 23.9. The van der Waals surface area contributed by atoms with Crippen LogP contribution in [0.25, 0.3) is 10.9 Å². The summed E-state index contributed by atoms with van der Waals surface area (Å²) in [7, 11) is 0. The molecule has 1 aliphatic carbocycles. The molecule has 1 amide bonds. The van der Waals surface area contributed by atoms with Crippen LogP contribution in [0.15, 0.2) is 36.4 Å². The van der Waals surface area contributed by atoms with E-state index in [2.05, 4.69) is 15.3 Å². The van der Waals surface area contributed by atoms with Gasteiger partial charge in [0, 0.05) is 37.8 Å². The Hall–Kier alpha value is -3.20. The Bertz CT molecular complexity index is 1060. The summed E-state index contributed by atoms with van der Waals surface area (Å²) in [5.41, 5.74) is 0.702. The molecule has 0 spiro atoms. The minimum absolute atomic E-state index is 0.0171. The van der Waals surface area contributed by atoms with Gasteiger partial charge in [0.1, 0.15) is 0 Å². The largest absolute Gasteiger partial charge is 0.415 e. The summed E-state index contributed by atoms with van der Waals surface area (Å²) in [5.74, 6) is -0.562. The number of ether oxygens (including phenoxy) is 2. The summed E-state index contributed by atoms with van der Waals surface area (Å²) in [6, 6.07) is 7.27. The Labute approximate surface area is 199 Å². The van der Waals surface area contributed by atoms with E-state index in [4.69, 9.17) is 9.47 Å². The van der Waals surface area contributed by atoms with Crippen molar-refractivity contribution in [3.05, 3.63) is 36.4 Å². The number of hydrogen-bond donors (Lipinski definition) is 1. The lowest BCUT2D eigenvalue weighted by Gasteiger charge is -2.36. The van der Waals surface area contributed by atoms with Crippen molar-refractivity contribution in [3.63, 3.8) is 0 Å². The number of carbonyl (C=O) groups is 3. The third kappa shape index (κ3) is 6.02. The molecule has 182 valence electrons. The molecule has 1 aromatic heterocycles. The summed E-state index contributed by atoms with van der Waals surface area (Å²) in [6.45, 7) is 6.86. The van der Waals surface area contributed by atoms with Gasteiger partial charge in [0.25, 0.3) is 0 Å². The topological polar surface area (TPSA) is 103 Å². The van der Waals surface area contributed by atoms with E-state index in [1.54, 1.807) is 4.68 Å². The van der Waals surface area contributed by atoms with Gasteiger partial charge in [-0.05, 0) is 57.6 Å². The first-order valence-corrected chi connectivity index (χ1v) is 12.0. The van der Waals surface area contributed by atoms with Crippen molar-refractivity contribution in [2.24, 2.45) is 5.92 Å². The zero-order valence-corrected chi connectivity index (χ0v) is 19.7. The quantitative estimate of drug-likeness (QED) is 0.376. The van der Waals surface area contributed by atoms with Crippen LogP contribution in [0.2, 0.25) is 0 Å². The predicted octanol–water partition coefficient (Wildman–Crippen LogP) is 3.60. The number of amides is 1. The maximum absolute atomic E-state index is 12.3. The molecule has 9 nitrogen and oxygen atoms in total. The molecular formula is C25H32N4O5. The number of piperidine rings is 1. The summed E-state index contributed by atoms with van der Waals surface area (Å²) >= 11 is 0. The fraction of sp³-hybridized carbons (Fsp3) is 0.520. The second-order valence-corrected chi connectivity index (χ2v) is 9.34. The van der Waals surface area contributed by atoms with E-state index in [-0.39, 0.29) is 12.1 Å². The van der Waals surface area contributed by atoms with Gasteiger partial charge in [0.15, 0.2) is 0 Å². The number of carbonyl (C=O) groups excluding carboxylic acids is 3. The first-order chi connectivity index (χ1) is 16.4. The second kappa shape index (κ2) is 10.8. The van der Waals surface area contributed by atoms with Crippen LogP contribution in [-0.4, -0.2) is 58.4 Å². The van der Waals surface area contributed by atoms with E-state index >= 15 is 0 Å². The van der Waals surface area contributed by atoms with E-state index in [9.17, 15) is 14.4 Å². The van der Waals surface area contributed by atoms with Crippen molar-refractivity contribution in [3.8, 4) is 5.88 Å². The highest BCUT2D eigenvalue weighted by Crippen LogP contribution is 2.29. The van der Waals surface area contributed by atoms with Crippen LogP contribution in [0, 0.1) is 5.92 Å². The van der Waals surface area contributed by atoms with Gasteiger partial charge in [-0.1, -0.05) is 18.6 Å². The molecule has 0 unspecified atom stereocenters. The minimum atomic E-state index is -0.931. The van der Waals surface area contributed by atoms with Crippen LogP contribution in [0.4, 0.5) is 4.79 Å². The number of likely N-dealkylation sites (tertiary alicyclic amines) is 1. The van der Waals surface area contributed by atoms with Gasteiger partial charge in [0.2, 0.25) is 5.88 Å². The van der Waals surface area contributed by atoms with Gasteiger partial charge in [-0.2, -0.15) is 5.10 Å². The van der Waals surface area contributed by atoms with Crippen LogP contribution >= 0.6 is 0 Å². The summed E-state index contributed by atoms with van der Waals surface area (Å²) in [6.07, 6.45) is 6.68. The Kier molecular flexibility index (Phi) is 7.62. The molecule has 0 radical (unpaired) electrons. The van der Waals surface area contributed by atoms with Crippen molar-refractivity contribution < 1.29 is 23.9 Å². The molecule has 0 atom stereocenters. The van der Waals surface area contributed by atoms with Crippen LogP contribution in [0.3, 0.4) is 0 Å². The number of esters is 2. The molecule has 0 bridgehead atoms. The Morgan fingerprint density at radius 2 is 1.79 bits per heavy atom. The predicted molar refractivity (Wildman–Crippen MR) is 126 cm³/mol. The van der Waals surface area contributed by atoms with Gasteiger partial charge in [0.05, 0.1) is 16.9 Å². The molecule has 34 heavy (non-hydrogen) atoms. The molecular weight excluding hydrogens is 436 g/mol. The number of nitrogens with zero attached hydrogens (tertiary/aromatic N) is 3. The van der Waals surface area contributed by atoms with E-state index in [0.717, 1.165) is 50.5 Å². The van der Waals surface area contributed by atoms with Crippen molar-refractivity contribution >= 4 is 28.9 Å². The van der Waals surface area contributed by atoms with Crippen LogP contribution in [0.5, 0.6) is 5.88 Å². The molecule has 4 rings (SSSR count). The van der Waals surface area contributed by atoms with Gasteiger partial charge in [-0.3, -0.25) is 0 Å². The lowest BCUT2D eigenvalue weighted by molar-refractivity contribution is -0.133. The zero-order valence-electron chi connectivity index (χ0n) is 19.7. The number of benzene rings is 1. The average Bonchev–Trinajstić information content (AvgIpc) is 3.14. The summed E-state index contributed by atoms with van der Waals surface area (Å²) in [5, 5.41) is 7.89. The monoisotopic (exact) mass is 468 g/mol. The molecule has 2 aromatic rings. The third-order valence-corrected chi connectivity index (χ3v) is 6.44. The molecule has 2 heterocycles. The maximum Gasteiger partial charge on any atom is 0.415 e. The standard InChI is InChI=1S/C25H32N4O5/c1-17(2)29-24(20-8-3-4-9-21(20)27-29)33-22(30)10-11-23(31)34-25(32)26-19-12-14-28(15-13-19)16-18-6-5-7-18/h3-4,8-11,17-19H,5-7,12-16H2,1-2H3,(H,26,32)/b11-10+. The van der Waals surface area contributed by atoms with Crippen molar-refractivity contribution in [2.75, 3.05) is 19.6 Å². The van der Waals surface area contributed by atoms with Gasteiger partial charge >= 0.3 is 18.0 Å². The number of hydrogen-bond acceptors (Lipinski definition) is 7. The number of fused-ring (bicyclic) bond motifs is 1. The van der Waals surface area contributed by atoms with Crippen molar-refractivity contribution in [1.29, 1.82) is 0 Å².